The van der Waals surface area contributed by atoms with Gasteiger partial charge in [0.2, 0.25) is 0 Å². The highest BCUT2D eigenvalue weighted by Gasteiger charge is 2.07. The fourth-order valence-electron chi connectivity index (χ4n) is 2.70. The number of unbranched alkanes of at least 4 members (excludes halogenated alkanes) is 1. The molecule has 30 heavy (non-hydrogen) atoms. The summed E-state index contributed by atoms with van der Waals surface area (Å²) in [6.45, 7) is 28.6. The first-order chi connectivity index (χ1) is 14.4. The van der Waals surface area contributed by atoms with Gasteiger partial charge in [-0.3, -0.25) is 0 Å². The molecule has 0 amide bonds. The van der Waals surface area contributed by atoms with E-state index in [9.17, 15) is 0 Å². The van der Waals surface area contributed by atoms with Crippen LogP contribution in [-0.4, -0.2) is 0 Å². The molecule has 0 bridgehead atoms. The smallest absolute Gasteiger partial charge is 0.0165 e. The van der Waals surface area contributed by atoms with Gasteiger partial charge in [-0.1, -0.05) is 134 Å². The highest BCUT2D eigenvalue weighted by atomic mass is 14.1. The molecule has 1 unspecified atom stereocenters. The van der Waals surface area contributed by atoms with Crippen LogP contribution in [0.5, 0.6) is 0 Å². The standard InChI is InChI=1S/C14H22.C12H18.2C2H6/c1-4-6-7-13(5-2)14-10-8-12(3)9-11-14;1-6-8-12(10(3)4)9-11(5)7-2;2*1-2/h8-11,13H,4-7H2,1-3H3;6,8-9H,1,3,7H2,2,4-5H3;2*1-2H3/b;11-9+,12-8+;;. The molecular weight excluding hydrogens is 360 g/mol. The third kappa shape index (κ3) is 17.1. The third-order valence-electron chi connectivity index (χ3n) is 4.70. The molecule has 0 aliphatic carbocycles. The van der Waals surface area contributed by atoms with Crippen LogP contribution < -0.4 is 0 Å². The molecule has 0 aliphatic heterocycles. The van der Waals surface area contributed by atoms with Crippen LogP contribution in [0.25, 0.3) is 0 Å². The molecule has 0 heterocycles. The minimum absolute atomic E-state index is 0.774. The first-order valence-electron chi connectivity index (χ1n) is 12.1. The minimum atomic E-state index is 0.774. The molecule has 0 heteroatoms. The van der Waals surface area contributed by atoms with Crippen molar-refractivity contribution in [1.82, 2.24) is 0 Å². The summed E-state index contributed by atoms with van der Waals surface area (Å²) >= 11 is 0. The second-order valence-corrected chi connectivity index (χ2v) is 7.14. The van der Waals surface area contributed by atoms with Gasteiger partial charge in [0.05, 0.1) is 0 Å². The zero-order chi connectivity index (χ0) is 23.9. The lowest BCUT2D eigenvalue weighted by atomic mass is 9.91. The molecule has 0 saturated carbocycles. The van der Waals surface area contributed by atoms with Crippen molar-refractivity contribution >= 4 is 0 Å². The highest BCUT2D eigenvalue weighted by molar-refractivity contribution is 5.40. The summed E-state index contributed by atoms with van der Waals surface area (Å²) in [6, 6.07) is 9.03. The Morgan fingerprint density at radius 2 is 1.50 bits per heavy atom. The maximum absolute atomic E-state index is 3.90. The van der Waals surface area contributed by atoms with E-state index >= 15 is 0 Å². The van der Waals surface area contributed by atoms with Crippen LogP contribution >= 0.6 is 0 Å². The van der Waals surface area contributed by atoms with E-state index in [-0.39, 0.29) is 0 Å². The zero-order valence-electron chi connectivity index (χ0n) is 22.1. The largest absolute Gasteiger partial charge is 0.0990 e. The van der Waals surface area contributed by atoms with Gasteiger partial charge in [-0.15, -0.1) is 0 Å². The average Bonchev–Trinajstić information content (AvgIpc) is 2.78. The Hall–Kier alpha value is -1.82. The summed E-state index contributed by atoms with van der Waals surface area (Å²) in [6.07, 6.45) is 12.3. The van der Waals surface area contributed by atoms with Gasteiger partial charge in [0.15, 0.2) is 0 Å². The Morgan fingerprint density at radius 3 is 1.87 bits per heavy atom. The fourth-order valence-corrected chi connectivity index (χ4v) is 2.70. The van der Waals surface area contributed by atoms with Crippen LogP contribution in [0.1, 0.15) is 111 Å². The Bertz CT molecular complexity index is 581. The number of hydrogen-bond donors (Lipinski definition) is 0. The summed E-state index contributed by atoms with van der Waals surface area (Å²) in [4.78, 5) is 0. The molecule has 0 radical (unpaired) electrons. The predicted octanol–water partition coefficient (Wildman–Crippen LogP) is 10.8. The quantitative estimate of drug-likeness (QED) is 0.354. The molecule has 1 aromatic carbocycles. The van der Waals surface area contributed by atoms with Crippen molar-refractivity contribution in [3.63, 3.8) is 0 Å². The van der Waals surface area contributed by atoms with E-state index in [1.807, 2.05) is 40.7 Å². The van der Waals surface area contributed by atoms with Crippen molar-refractivity contribution in [3.05, 3.63) is 83.5 Å². The van der Waals surface area contributed by atoms with Crippen molar-refractivity contribution < 1.29 is 0 Å². The van der Waals surface area contributed by atoms with Crippen molar-refractivity contribution in [3.8, 4) is 0 Å². The Labute approximate surface area is 190 Å². The lowest BCUT2D eigenvalue weighted by Crippen LogP contribution is -1.97. The number of allylic oxidation sites excluding steroid dienone is 6. The Kier molecular flexibility index (Phi) is 25.7. The van der Waals surface area contributed by atoms with Crippen molar-refractivity contribution in [2.45, 2.75) is 107 Å². The van der Waals surface area contributed by atoms with Gasteiger partial charge in [-0.05, 0) is 57.1 Å². The Balaban J connectivity index is -0.000000421. The van der Waals surface area contributed by atoms with E-state index in [2.05, 4.69) is 78.1 Å². The van der Waals surface area contributed by atoms with Gasteiger partial charge in [0, 0.05) is 0 Å². The van der Waals surface area contributed by atoms with Crippen molar-refractivity contribution in [1.29, 1.82) is 0 Å². The predicted molar refractivity (Wildman–Crippen MR) is 144 cm³/mol. The van der Waals surface area contributed by atoms with Crippen LogP contribution in [0, 0.1) is 6.92 Å². The molecule has 1 rings (SSSR count). The van der Waals surface area contributed by atoms with Gasteiger partial charge in [0.25, 0.3) is 0 Å². The number of hydrogen-bond acceptors (Lipinski definition) is 0. The summed E-state index contributed by atoms with van der Waals surface area (Å²) in [5.74, 6) is 0.774. The Morgan fingerprint density at radius 1 is 0.967 bits per heavy atom. The van der Waals surface area contributed by atoms with Crippen LogP contribution in [0.2, 0.25) is 0 Å². The number of rotatable bonds is 9. The zero-order valence-corrected chi connectivity index (χ0v) is 22.1. The molecule has 1 atom stereocenters. The van der Waals surface area contributed by atoms with E-state index in [1.165, 1.54) is 48.0 Å². The third-order valence-corrected chi connectivity index (χ3v) is 4.70. The van der Waals surface area contributed by atoms with Gasteiger partial charge in [0.1, 0.15) is 0 Å². The van der Waals surface area contributed by atoms with Crippen LogP contribution in [-0.2, 0) is 0 Å². The van der Waals surface area contributed by atoms with Crippen molar-refractivity contribution in [2.75, 3.05) is 0 Å². The van der Waals surface area contributed by atoms with E-state index in [0.29, 0.717) is 0 Å². The lowest BCUT2D eigenvalue weighted by molar-refractivity contribution is 0.569. The average molecular weight is 413 g/mol. The molecule has 0 fully saturated rings. The molecule has 0 nitrogen and oxygen atoms in total. The molecular formula is C30H52. The van der Waals surface area contributed by atoms with Gasteiger partial charge in [-0.25, -0.2) is 0 Å². The second kappa shape index (κ2) is 23.5. The van der Waals surface area contributed by atoms with E-state index < -0.39 is 0 Å². The second-order valence-electron chi connectivity index (χ2n) is 7.14. The van der Waals surface area contributed by atoms with Crippen LogP contribution in [0.15, 0.2) is 72.4 Å². The first-order valence-corrected chi connectivity index (χ1v) is 12.1. The van der Waals surface area contributed by atoms with Gasteiger partial charge >= 0.3 is 0 Å². The van der Waals surface area contributed by atoms with Crippen LogP contribution in [0.3, 0.4) is 0 Å². The molecule has 172 valence electrons. The number of aryl methyl sites for hydroxylation is 1. The lowest BCUT2D eigenvalue weighted by Gasteiger charge is -2.14. The maximum atomic E-state index is 3.90. The van der Waals surface area contributed by atoms with E-state index in [1.54, 1.807) is 6.08 Å². The van der Waals surface area contributed by atoms with Crippen molar-refractivity contribution in [2.24, 2.45) is 0 Å². The monoisotopic (exact) mass is 412 g/mol. The summed E-state index contributed by atoms with van der Waals surface area (Å²) in [7, 11) is 0. The minimum Gasteiger partial charge on any atom is -0.0990 e. The summed E-state index contributed by atoms with van der Waals surface area (Å²) in [5, 5.41) is 0. The van der Waals surface area contributed by atoms with Gasteiger partial charge < -0.3 is 0 Å². The molecule has 0 aromatic heterocycles. The molecule has 0 saturated heterocycles. The molecule has 1 aromatic rings. The van der Waals surface area contributed by atoms with E-state index in [0.717, 1.165) is 17.9 Å². The van der Waals surface area contributed by atoms with Gasteiger partial charge in [-0.2, -0.15) is 0 Å². The molecule has 0 spiro atoms. The SMILES string of the molecule is C=C/C=C(\C=C(/C)CC)C(=C)C.CC.CC.CCCCC(CC)c1ccc(C)cc1. The summed E-state index contributed by atoms with van der Waals surface area (Å²) in [5.41, 5.74) is 6.50. The first kappa shape index (κ1) is 32.8. The highest BCUT2D eigenvalue weighted by Crippen LogP contribution is 2.25. The topological polar surface area (TPSA) is 0 Å². The van der Waals surface area contributed by atoms with E-state index in [4.69, 9.17) is 0 Å². The molecule has 0 aliphatic rings. The fraction of sp³-hybridized carbons (Fsp3) is 0.533. The van der Waals surface area contributed by atoms with Crippen LogP contribution in [0.4, 0.5) is 0 Å². The molecule has 0 N–H and O–H groups in total. The summed E-state index contributed by atoms with van der Waals surface area (Å²) < 4.78 is 0. The normalized spacial score (nSPS) is 11.5. The maximum Gasteiger partial charge on any atom is -0.0165 e. The number of benzene rings is 1.